The van der Waals surface area contributed by atoms with E-state index >= 15 is 0 Å². The molecule has 0 radical (unpaired) electrons. The molecule has 0 fully saturated rings. The fourth-order valence-corrected chi connectivity index (χ4v) is 3.40. The molecule has 0 aliphatic carbocycles. The van der Waals surface area contributed by atoms with Crippen molar-refractivity contribution < 1.29 is 14.3 Å². The first kappa shape index (κ1) is 19.0. The highest BCUT2D eigenvalue weighted by atomic mass is 16.5. The van der Waals surface area contributed by atoms with Gasteiger partial charge in [-0.3, -0.25) is 4.79 Å². The van der Waals surface area contributed by atoms with Crippen LogP contribution in [0, 0.1) is 6.92 Å². The molecule has 1 unspecified atom stereocenters. The minimum absolute atomic E-state index is 0.156. The number of anilines is 1. The van der Waals surface area contributed by atoms with Crippen LogP contribution in [0.4, 0.5) is 5.69 Å². The van der Waals surface area contributed by atoms with E-state index in [1.807, 2.05) is 44.2 Å². The maximum Gasteiger partial charge on any atom is 0.248 e. The van der Waals surface area contributed by atoms with Crippen molar-refractivity contribution in [3.05, 3.63) is 58.7 Å². The van der Waals surface area contributed by atoms with E-state index in [4.69, 9.17) is 9.47 Å². The van der Waals surface area contributed by atoms with Gasteiger partial charge in [-0.25, -0.2) is 0 Å². The summed E-state index contributed by atoms with van der Waals surface area (Å²) in [6.45, 7) is 8.67. The Morgan fingerprint density at radius 1 is 1.33 bits per heavy atom. The van der Waals surface area contributed by atoms with Crippen molar-refractivity contribution in [3.63, 3.8) is 0 Å². The van der Waals surface area contributed by atoms with Crippen molar-refractivity contribution in [2.24, 2.45) is 0 Å². The zero-order valence-corrected chi connectivity index (χ0v) is 16.5. The monoisotopic (exact) mass is 365 g/mol. The lowest BCUT2D eigenvalue weighted by atomic mass is 10.1. The van der Waals surface area contributed by atoms with Crippen molar-refractivity contribution >= 4 is 17.7 Å². The highest BCUT2D eigenvalue weighted by Gasteiger charge is 2.21. The maximum absolute atomic E-state index is 12.5. The normalized spacial score (nSPS) is 15.5. The second kappa shape index (κ2) is 8.30. The molecule has 1 aliphatic rings. The lowest BCUT2D eigenvalue weighted by Crippen LogP contribution is -2.11. The quantitative estimate of drug-likeness (QED) is 0.738. The van der Waals surface area contributed by atoms with E-state index in [1.54, 1.807) is 12.2 Å². The molecule has 3 rings (SSSR count). The average molecular weight is 365 g/mol. The van der Waals surface area contributed by atoms with Crippen molar-refractivity contribution in [1.29, 1.82) is 0 Å². The van der Waals surface area contributed by atoms with Crippen molar-refractivity contribution in [2.45, 2.75) is 46.6 Å². The van der Waals surface area contributed by atoms with Crippen LogP contribution in [0.3, 0.4) is 0 Å². The van der Waals surface area contributed by atoms with E-state index in [9.17, 15) is 4.79 Å². The van der Waals surface area contributed by atoms with Gasteiger partial charge < -0.3 is 14.8 Å². The van der Waals surface area contributed by atoms with Crippen LogP contribution in [-0.4, -0.2) is 18.6 Å². The molecule has 0 bridgehead atoms. The topological polar surface area (TPSA) is 47.6 Å². The van der Waals surface area contributed by atoms with Crippen LogP contribution in [0.25, 0.3) is 6.08 Å². The van der Waals surface area contributed by atoms with Crippen molar-refractivity contribution in [1.82, 2.24) is 0 Å². The lowest BCUT2D eigenvalue weighted by molar-refractivity contribution is -0.111. The number of ether oxygens (including phenoxy) is 2. The number of fused-ring (bicyclic) bond motifs is 1. The third-order valence-corrected chi connectivity index (χ3v) is 4.73. The predicted molar refractivity (Wildman–Crippen MR) is 110 cm³/mol. The van der Waals surface area contributed by atoms with Gasteiger partial charge in [-0.2, -0.15) is 0 Å². The van der Waals surface area contributed by atoms with Gasteiger partial charge in [0.05, 0.1) is 6.61 Å². The van der Waals surface area contributed by atoms with Gasteiger partial charge in [0, 0.05) is 29.3 Å². The van der Waals surface area contributed by atoms with Crippen LogP contribution < -0.4 is 14.8 Å². The Morgan fingerprint density at radius 3 is 2.89 bits per heavy atom. The first-order chi connectivity index (χ1) is 13.0. The Kier molecular flexibility index (Phi) is 5.84. The summed E-state index contributed by atoms with van der Waals surface area (Å²) in [5.41, 5.74) is 5.09. The summed E-state index contributed by atoms with van der Waals surface area (Å²) in [7, 11) is 0. The van der Waals surface area contributed by atoms with E-state index in [0.29, 0.717) is 6.61 Å². The van der Waals surface area contributed by atoms with Gasteiger partial charge in [-0.1, -0.05) is 25.1 Å². The van der Waals surface area contributed by atoms with Gasteiger partial charge in [-0.15, -0.1) is 0 Å². The fraction of sp³-hybridized carbons (Fsp3) is 0.348. The summed E-state index contributed by atoms with van der Waals surface area (Å²) >= 11 is 0. The molecule has 1 N–H and O–H groups in total. The van der Waals surface area contributed by atoms with E-state index in [1.165, 1.54) is 0 Å². The van der Waals surface area contributed by atoms with Crippen LogP contribution in [0.15, 0.2) is 36.4 Å². The molecule has 4 heteroatoms. The predicted octanol–water partition coefficient (Wildman–Crippen LogP) is 4.93. The molecule has 2 aromatic carbocycles. The number of benzene rings is 2. The maximum atomic E-state index is 12.5. The molecule has 0 saturated heterocycles. The Bertz CT molecular complexity index is 870. The Morgan fingerprint density at radius 2 is 2.15 bits per heavy atom. The first-order valence-electron chi connectivity index (χ1n) is 9.55. The molecule has 0 saturated carbocycles. The van der Waals surface area contributed by atoms with E-state index < -0.39 is 0 Å². The van der Waals surface area contributed by atoms with E-state index in [-0.39, 0.29) is 12.0 Å². The third kappa shape index (κ3) is 4.33. The molecule has 1 aliphatic heterocycles. The first-order valence-corrected chi connectivity index (χ1v) is 9.55. The van der Waals surface area contributed by atoms with E-state index in [0.717, 1.165) is 52.3 Å². The summed E-state index contributed by atoms with van der Waals surface area (Å²) in [6.07, 6.45) is 5.26. The number of hydrogen-bond acceptors (Lipinski definition) is 3. The average Bonchev–Trinajstić information content (AvgIpc) is 3.00. The SMILES string of the molecule is CCOc1cc2c(cc1/C=C/C(=O)Nc1c(C)cccc1CC)OC(C)C2. The van der Waals surface area contributed by atoms with Crippen LogP contribution in [0.1, 0.15) is 43.0 Å². The van der Waals surface area contributed by atoms with Gasteiger partial charge >= 0.3 is 0 Å². The smallest absolute Gasteiger partial charge is 0.248 e. The van der Waals surface area contributed by atoms with Crippen LogP contribution in [0.5, 0.6) is 11.5 Å². The Hall–Kier alpha value is -2.75. The highest BCUT2D eigenvalue weighted by molar-refractivity contribution is 6.03. The number of carbonyl (C=O) groups is 1. The van der Waals surface area contributed by atoms with Crippen molar-refractivity contribution in [3.8, 4) is 11.5 Å². The Labute approximate surface area is 161 Å². The highest BCUT2D eigenvalue weighted by Crippen LogP contribution is 2.35. The summed E-state index contributed by atoms with van der Waals surface area (Å²) in [4.78, 5) is 12.5. The number of nitrogens with one attached hydrogen (secondary N) is 1. The van der Waals surface area contributed by atoms with Gasteiger partial charge in [0.15, 0.2) is 0 Å². The summed E-state index contributed by atoms with van der Waals surface area (Å²) < 4.78 is 11.6. The molecule has 0 aromatic heterocycles. The van der Waals surface area contributed by atoms with E-state index in [2.05, 4.69) is 19.2 Å². The lowest BCUT2D eigenvalue weighted by Gasteiger charge is -2.12. The number of aryl methyl sites for hydroxylation is 2. The van der Waals surface area contributed by atoms with Crippen LogP contribution in [-0.2, 0) is 17.6 Å². The zero-order valence-electron chi connectivity index (χ0n) is 16.5. The molecule has 2 aromatic rings. The number of rotatable bonds is 6. The number of para-hydroxylation sites is 1. The van der Waals surface area contributed by atoms with Gasteiger partial charge in [0.2, 0.25) is 5.91 Å². The van der Waals surface area contributed by atoms with Crippen LogP contribution in [0.2, 0.25) is 0 Å². The molecule has 1 atom stereocenters. The molecule has 4 nitrogen and oxygen atoms in total. The molecular formula is C23H27NO3. The number of amides is 1. The summed E-state index contributed by atoms with van der Waals surface area (Å²) in [5.74, 6) is 1.50. The minimum Gasteiger partial charge on any atom is -0.493 e. The Balaban J connectivity index is 1.82. The molecular weight excluding hydrogens is 338 g/mol. The molecule has 1 heterocycles. The zero-order chi connectivity index (χ0) is 19.4. The molecule has 1 amide bonds. The van der Waals surface area contributed by atoms with Gasteiger partial charge in [-0.05, 0) is 56.5 Å². The van der Waals surface area contributed by atoms with Gasteiger partial charge in [0.1, 0.15) is 17.6 Å². The third-order valence-electron chi connectivity index (χ3n) is 4.73. The molecule has 0 spiro atoms. The second-order valence-electron chi connectivity index (χ2n) is 6.85. The van der Waals surface area contributed by atoms with Crippen molar-refractivity contribution in [2.75, 3.05) is 11.9 Å². The summed E-state index contributed by atoms with van der Waals surface area (Å²) in [6, 6.07) is 10.0. The van der Waals surface area contributed by atoms with Crippen LogP contribution >= 0.6 is 0 Å². The fourth-order valence-electron chi connectivity index (χ4n) is 3.40. The number of hydrogen-bond donors (Lipinski definition) is 1. The summed E-state index contributed by atoms with van der Waals surface area (Å²) in [5, 5.41) is 3.01. The molecule has 142 valence electrons. The molecule has 27 heavy (non-hydrogen) atoms. The standard InChI is InChI=1S/C23H27NO3/c1-5-17-9-7-8-15(3)23(17)24-22(25)11-10-18-13-21-19(12-16(4)27-21)14-20(18)26-6-2/h7-11,13-14,16H,5-6,12H2,1-4H3,(H,24,25)/b11-10+. The van der Waals surface area contributed by atoms with Gasteiger partial charge in [0.25, 0.3) is 0 Å². The second-order valence-corrected chi connectivity index (χ2v) is 6.85. The number of carbonyl (C=O) groups excluding carboxylic acids is 1. The largest absolute Gasteiger partial charge is 0.493 e. The minimum atomic E-state index is -0.156.